The lowest BCUT2D eigenvalue weighted by molar-refractivity contribution is -0.157. The van der Waals surface area contributed by atoms with Gasteiger partial charge in [0.05, 0.1) is 49.9 Å². The van der Waals surface area contributed by atoms with Crippen LogP contribution in [0.2, 0.25) is 5.02 Å². The summed E-state index contributed by atoms with van der Waals surface area (Å²) in [7, 11) is 9.80. The smallest absolute Gasteiger partial charge is 0.378 e. The molecular weight excluding hydrogens is 1310 g/mol. The minimum absolute atomic E-state index is 0.0147. The lowest BCUT2D eigenvalue weighted by Gasteiger charge is -2.42. The number of nitrogens with one attached hydrogen (secondary N) is 3. The first kappa shape index (κ1) is 80.9. The molecule has 25 nitrogen and oxygen atoms in total. The Bertz CT molecular complexity index is 3070. The van der Waals surface area contributed by atoms with Gasteiger partial charge in [0.1, 0.15) is 47.8 Å². The Hall–Kier alpha value is -7.10. The van der Waals surface area contributed by atoms with Gasteiger partial charge in [-0.25, -0.2) is 0 Å². The second-order valence-corrected chi connectivity index (χ2v) is 29.1. The van der Waals surface area contributed by atoms with E-state index in [0.717, 1.165) is 58.9 Å². The maximum Gasteiger partial charge on any atom is 0.417 e. The molecule has 1 spiro atoms. The van der Waals surface area contributed by atoms with Gasteiger partial charge in [-0.2, -0.15) is 13.2 Å². The largest absolute Gasteiger partial charge is 0.417 e. The summed E-state index contributed by atoms with van der Waals surface area (Å²) in [5.41, 5.74) is -2.38. The summed E-state index contributed by atoms with van der Waals surface area (Å²) in [5.74, 6) is -9.31. The predicted molar refractivity (Wildman–Crippen MR) is 363 cm³/mol. The summed E-state index contributed by atoms with van der Waals surface area (Å²) >= 11 is 6.14. The number of morpholine rings is 1. The number of alkyl halides is 3. The fourth-order valence-corrected chi connectivity index (χ4v) is 14.7. The summed E-state index contributed by atoms with van der Waals surface area (Å²) in [6.45, 7) is 9.85. The van der Waals surface area contributed by atoms with Crippen molar-refractivity contribution in [2.24, 2.45) is 23.7 Å². The first-order chi connectivity index (χ1) is 46.6. The van der Waals surface area contributed by atoms with E-state index in [-0.39, 0.29) is 89.6 Å². The Labute approximate surface area is 586 Å². The van der Waals surface area contributed by atoms with Crippen molar-refractivity contribution in [2.75, 3.05) is 102 Å². The van der Waals surface area contributed by atoms with Crippen LogP contribution in [-0.4, -0.2) is 265 Å². The van der Waals surface area contributed by atoms with Gasteiger partial charge in [-0.1, -0.05) is 117 Å². The number of nitrogens with zero attached hydrogens (tertiary/aromatic N) is 9. The van der Waals surface area contributed by atoms with Crippen molar-refractivity contribution in [2.45, 2.75) is 211 Å². The first-order valence-electron chi connectivity index (χ1n) is 35.3. The Morgan fingerprint density at radius 2 is 1.25 bits per heavy atom. The number of carbonyl (C=O) groups excluding carboxylic acids is 12. The zero-order valence-electron chi connectivity index (χ0n) is 60.3. The maximum atomic E-state index is 15.5. The number of ether oxygens (including phenoxy) is 1. The van der Waals surface area contributed by atoms with Crippen molar-refractivity contribution >= 4 is 82.5 Å². The van der Waals surface area contributed by atoms with Crippen LogP contribution in [-0.2, 0) is 74.9 Å². The van der Waals surface area contributed by atoms with E-state index in [2.05, 4.69) is 16.0 Å². The van der Waals surface area contributed by atoms with E-state index in [4.69, 9.17) is 16.3 Å². The molecule has 99 heavy (non-hydrogen) atoms. The molecule has 0 radical (unpaired) electrons. The Kier molecular flexibility index (Phi) is 29.4. The molecule has 9 atom stereocenters. The number of rotatable bonds is 12. The van der Waals surface area contributed by atoms with Gasteiger partial charge in [-0.3, -0.25) is 57.5 Å². The molecule has 554 valence electrons. The summed E-state index contributed by atoms with van der Waals surface area (Å²) in [5, 5.41) is 8.08. The third kappa shape index (κ3) is 20.6. The van der Waals surface area contributed by atoms with Crippen LogP contribution in [0.15, 0.2) is 18.2 Å². The summed E-state index contributed by atoms with van der Waals surface area (Å²) in [6, 6.07) is -5.79. The number of benzene rings is 1. The third-order valence-electron chi connectivity index (χ3n) is 21.1. The third-order valence-corrected chi connectivity index (χ3v) is 21.4. The van der Waals surface area contributed by atoms with Crippen molar-refractivity contribution in [3.05, 3.63) is 34.3 Å². The number of hydrogen-bond donors (Lipinski definition) is 3. The number of carbonyl (C=O) groups is 12. The highest BCUT2D eigenvalue weighted by Crippen LogP contribution is 2.37. The summed E-state index contributed by atoms with van der Waals surface area (Å²) in [6.07, 6.45) is 1.45. The second-order valence-electron chi connectivity index (χ2n) is 28.7. The van der Waals surface area contributed by atoms with Gasteiger partial charge < -0.3 is 64.8 Å². The zero-order chi connectivity index (χ0) is 73.5. The molecule has 6 rings (SSSR count). The lowest BCUT2D eigenvalue weighted by atomic mass is 9.84. The fourth-order valence-electron chi connectivity index (χ4n) is 14.4. The van der Waals surface area contributed by atoms with Crippen molar-refractivity contribution in [3.8, 4) is 0 Å². The van der Waals surface area contributed by atoms with Crippen LogP contribution in [0.4, 0.5) is 13.2 Å². The van der Waals surface area contributed by atoms with E-state index >= 15 is 19.2 Å². The topological polar surface area (TPSA) is 279 Å². The van der Waals surface area contributed by atoms with Crippen LogP contribution < -0.4 is 16.0 Å². The van der Waals surface area contributed by atoms with Gasteiger partial charge in [-0.15, -0.1) is 0 Å². The maximum absolute atomic E-state index is 15.5. The number of aryl methyl sites for hydroxylation is 1. The SMILES string of the molecule is CC[C@H](C)[C@@H]1NC(=O)[C@H](CC(C)C)N(C)C(=O)C[C@@H](C(=O)N2CCOCC2)N(C)C(=O)[C@H]([C@@H](C)CC)N(C)C(=O)C2(CCCC2)NC(=O)C2CCCN2C(=O)[C@H](CCc2ccc(C(F)(F)F)c(Cl)c2)NC(=O)CN(C)C(=O)[C@H](CC2CCCCC2)N(C)C(=O)CN(C)C(=O)CN(C)C1=O. The molecule has 3 saturated heterocycles. The molecule has 2 aliphatic carbocycles. The van der Waals surface area contributed by atoms with Crippen LogP contribution in [0, 0.1) is 23.7 Å². The average molecular weight is 1420 g/mol. The van der Waals surface area contributed by atoms with Gasteiger partial charge in [0.2, 0.25) is 70.9 Å². The van der Waals surface area contributed by atoms with Crippen LogP contribution in [0.5, 0.6) is 0 Å². The lowest BCUT2D eigenvalue weighted by Crippen LogP contribution is -2.65. The Balaban J connectivity index is 1.43. The summed E-state index contributed by atoms with van der Waals surface area (Å²) in [4.78, 5) is 189. The molecule has 12 amide bonds. The molecular formula is C70H108ClF3N12O13. The Morgan fingerprint density at radius 1 is 0.646 bits per heavy atom. The Morgan fingerprint density at radius 3 is 1.85 bits per heavy atom. The molecule has 1 aromatic rings. The molecule has 0 bridgehead atoms. The molecule has 1 aromatic carbocycles. The molecule has 2 saturated carbocycles. The standard InChI is InChI=1S/C70H108ClF3N12O13/c1-14-44(5)59-66(96)80(9)41-57(89)78(7)42-58(90)82(11)53(38-46-22-17-16-18-23-46)64(94)79(8)40-55(87)75-50(28-26-47-25-27-48(49(71)37-47)70(72,73)74)63(93)86-31-21-24-51(86)62(92)77-69(29-19-20-30-69)68(98)84(13)60(45(6)15-2)67(97)83(12)54(65(95)85-32-34-99-35-33-85)39-56(88)81(10)52(36-43(3)4)61(91)76-59/h25,27,37,43-46,50-54,59-60H,14-24,26,28-36,38-42H2,1-13H3,(H,75,87)(H,76,91)(H,77,92)/t44-,45-,50-,51?,52-,53-,54-,59-,60-/m0/s1. The quantitative estimate of drug-likeness (QED) is 0.256. The van der Waals surface area contributed by atoms with E-state index in [1.54, 1.807) is 13.8 Å². The molecule has 0 aromatic heterocycles. The molecule has 5 aliphatic rings. The molecule has 29 heteroatoms. The number of likely N-dealkylation sites (N-methyl/N-ethyl adjacent to an activating group) is 7. The number of halogens is 4. The highest BCUT2D eigenvalue weighted by Gasteiger charge is 2.51. The van der Waals surface area contributed by atoms with Crippen LogP contribution in [0.25, 0.3) is 0 Å². The van der Waals surface area contributed by atoms with Crippen molar-refractivity contribution in [1.29, 1.82) is 0 Å². The van der Waals surface area contributed by atoms with Gasteiger partial charge >= 0.3 is 6.18 Å². The van der Waals surface area contributed by atoms with Crippen LogP contribution in [0.3, 0.4) is 0 Å². The minimum Gasteiger partial charge on any atom is -0.378 e. The van der Waals surface area contributed by atoms with Gasteiger partial charge in [0.25, 0.3) is 0 Å². The normalized spacial score (nSPS) is 26.3. The van der Waals surface area contributed by atoms with Gasteiger partial charge in [0, 0.05) is 69.0 Å². The molecule has 3 heterocycles. The molecule has 5 fully saturated rings. The zero-order valence-corrected chi connectivity index (χ0v) is 61.1. The number of fused-ring (bicyclic) bond motifs is 1. The molecule has 3 N–H and O–H groups in total. The second kappa shape index (κ2) is 36.0. The van der Waals surface area contributed by atoms with E-state index in [1.165, 1.54) is 84.8 Å². The summed E-state index contributed by atoms with van der Waals surface area (Å²) < 4.78 is 47.1. The van der Waals surface area contributed by atoms with Crippen LogP contribution in [0.1, 0.15) is 162 Å². The predicted octanol–water partition coefficient (Wildman–Crippen LogP) is 4.74. The first-order valence-corrected chi connectivity index (χ1v) is 35.7. The highest BCUT2D eigenvalue weighted by molar-refractivity contribution is 6.31. The monoisotopic (exact) mass is 1420 g/mol. The van der Waals surface area contributed by atoms with Gasteiger partial charge in [0.15, 0.2) is 0 Å². The van der Waals surface area contributed by atoms with E-state index in [0.29, 0.717) is 37.7 Å². The van der Waals surface area contributed by atoms with E-state index < -0.39 is 173 Å². The van der Waals surface area contributed by atoms with E-state index in [1.807, 2.05) is 27.7 Å². The molecule has 3 aliphatic heterocycles. The number of hydrogen-bond acceptors (Lipinski definition) is 13. The minimum atomic E-state index is -4.76. The van der Waals surface area contributed by atoms with Crippen molar-refractivity contribution in [3.63, 3.8) is 0 Å². The van der Waals surface area contributed by atoms with E-state index in [9.17, 15) is 51.5 Å². The van der Waals surface area contributed by atoms with Crippen molar-refractivity contribution in [1.82, 2.24) is 60.0 Å². The van der Waals surface area contributed by atoms with Crippen LogP contribution >= 0.6 is 11.6 Å². The fraction of sp³-hybridized carbons (Fsp3) is 0.743. The molecule has 1 unspecified atom stereocenters. The van der Waals surface area contributed by atoms with Crippen molar-refractivity contribution < 1.29 is 75.4 Å². The highest BCUT2D eigenvalue weighted by atomic mass is 35.5. The number of amides is 12. The average Bonchev–Trinajstić information content (AvgIpc) is 1.77. The van der Waals surface area contributed by atoms with Gasteiger partial charge in [-0.05, 0) is 92.7 Å².